The van der Waals surface area contributed by atoms with Gasteiger partial charge in [0.1, 0.15) is 5.58 Å². The summed E-state index contributed by atoms with van der Waals surface area (Å²) in [5.41, 5.74) is 4.55. The molecule has 0 aliphatic heterocycles. The van der Waals surface area contributed by atoms with Crippen molar-refractivity contribution < 1.29 is 9.21 Å². The first kappa shape index (κ1) is 16.6. The van der Waals surface area contributed by atoms with Gasteiger partial charge in [-0.1, -0.05) is 46.3 Å². The van der Waals surface area contributed by atoms with Gasteiger partial charge in [-0.15, -0.1) is 0 Å². The van der Waals surface area contributed by atoms with Crippen LogP contribution >= 0.6 is 15.9 Å². The van der Waals surface area contributed by atoms with Gasteiger partial charge in [0.25, 0.3) is 5.91 Å². The SMILES string of the molecule is Cc1cc(Br)cc2cc(C(=O)NCc3cn[nH]c3-c3ccccc3)oc12. The Kier molecular flexibility index (Phi) is 4.34. The lowest BCUT2D eigenvalue weighted by atomic mass is 10.1. The summed E-state index contributed by atoms with van der Waals surface area (Å²) in [5.74, 6) is 0.0443. The molecular weight excluding hydrogens is 394 g/mol. The van der Waals surface area contributed by atoms with Crippen LogP contribution in [0.25, 0.3) is 22.2 Å². The molecule has 2 N–H and O–H groups in total. The van der Waals surface area contributed by atoms with Crippen molar-refractivity contribution in [3.05, 3.63) is 76.1 Å². The quantitative estimate of drug-likeness (QED) is 0.507. The minimum absolute atomic E-state index is 0.253. The summed E-state index contributed by atoms with van der Waals surface area (Å²) in [5, 5.41) is 10.9. The van der Waals surface area contributed by atoms with E-state index in [4.69, 9.17) is 4.42 Å². The molecule has 2 aromatic carbocycles. The predicted octanol–water partition coefficient (Wildman–Crippen LogP) is 4.82. The van der Waals surface area contributed by atoms with Gasteiger partial charge in [0, 0.05) is 22.0 Å². The number of benzene rings is 2. The topological polar surface area (TPSA) is 70.9 Å². The molecule has 0 aliphatic carbocycles. The summed E-state index contributed by atoms with van der Waals surface area (Å²) < 4.78 is 6.70. The number of furan rings is 1. The fourth-order valence-corrected chi connectivity index (χ4v) is 3.55. The van der Waals surface area contributed by atoms with Crippen molar-refractivity contribution in [2.75, 3.05) is 0 Å². The van der Waals surface area contributed by atoms with Crippen molar-refractivity contribution in [3.63, 3.8) is 0 Å². The lowest BCUT2D eigenvalue weighted by Gasteiger charge is -2.04. The number of aryl methyl sites for hydroxylation is 1. The molecule has 0 spiro atoms. The second kappa shape index (κ2) is 6.80. The third kappa shape index (κ3) is 3.15. The molecule has 0 atom stereocenters. The van der Waals surface area contributed by atoms with Crippen LogP contribution < -0.4 is 5.32 Å². The molecule has 5 nitrogen and oxygen atoms in total. The number of H-pyrrole nitrogens is 1. The molecule has 2 heterocycles. The zero-order valence-electron chi connectivity index (χ0n) is 14.0. The molecule has 0 bridgehead atoms. The van der Waals surface area contributed by atoms with E-state index in [2.05, 4.69) is 31.4 Å². The van der Waals surface area contributed by atoms with Crippen LogP contribution in [0.5, 0.6) is 0 Å². The van der Waals surface area contributed by atoms with Gasteiger partial charge >= 0.3 is 0 Å². The van der Waals surface area contributed by atoms with Crippen LogP contribution in [0.2, 0.25) is 0 Å². The second-order valence-corrected chi connectivity index (χ2v) is 6.99. The molecule has 2 aromatic heterocycles. The Labute approximate surface area is 158 Å². The van der Waals surface area contributed by atoms with E-state index in [-0.39, 0.29) is 5.91 Å². The third-order valence-corrected chi connectivity index (χ3v) is 4.67. The number of nitrogens with one attached hydrogen (secondary N) is 2. The molecule has 1 amide bonds. The number of aromatic nitrogens is 2. The summed E-state index contributed by atoms with van der Waals surface area (Å²) in [6, 6.07) is 15.6. The van der Waals surface area contributed by atoms with Crippen molar-refractivity contribution in [2.45, 2.75) is 13.5 Å². The van der Waals surface area contributed by atoms with E-state index < -0.39 is 0 Å². The molecule has 0 aliphatic rings. The number of carbonyl (C=O) groups is 1. The highest BCUT2D eigenvalue weighted by atomic mass is 79.9. The van der Waals surface area contributed by atoms with Crippen LogP contribution in [0.3, 0.4) is 0 Å². The first-order chi connectivity index (χ1) is 12.6. The van der Waals surface area contributed by atoms with E-state index in [9.17, 15) is 4.79 Å². The smallest absolute Gasteiger partial charge is 0.287 e. The number of halogens is 1. The molecule has 0 unspecified atom stereocenters. The van der Waals surface area contributed by atoms with E-state index in [1.165, 1.54) is 0 Å². The maximum absolute atomic E-state index is 12.5. The van der Waals surface area contributed by atoms with E-state index >= 15 is 0 Å². The molecule has 6 heteroatoms. The summed E-state index contributed by atoms with van der Waals surface area (Å²) in [4.78, 5) is 12.5. The maximum atomic E-state index is 12.5. The Balaban J connectivity index is 1.54. The van der Waals surface area contributed by atoms with Crippen LogP contribution in [-0.4, -0.2) is 16.1 Å². The Morgan fingerprint density at radius 1 is 1.23 bits per heavy atom. The van der Waals surface area contributed by atoms with Gasteiger partial charge in [-0.25, -0.2) is 0 Å². The highest BCUT2D eigenvalue weighted by molar-refractivity contribution is 9.10. The van der Waals surface area contributed by atoms with Crippen LogP contribution in [-0.2, 0) is 6.54 Å². The third-order valence-electron chi connectivity index (χ3n) is 4.21. The maximum Gasteiger partial charge on any atom is 0.287 e. The van der Waals surface area contributed by atoms with Crippen LogP contribution in [0, 0.1) is 6.92 Å². The summed E-state index contributed by atoms with van der Waals surface area (Å²) in [6.45, 7) is 2.31. The minimum Gasteiger partial charge on any atom is -0.451 e. The van der Waals surface area contributed by atoms with Gasteiger partial charge < -0.3 is 9.73 Å². The highest BCUT2D eigenvalue weighted by Crippen LogP contribution is 2.27. The average Bonchev–Trinajstić information content (AvgIpc) is 3.27. The monoisotopic (exact) mass is 409 g/mol. The lowest BCUT2D eigenvalue weighted by Crippen LogP contribution is -2.22. The lowest BCUT2D eigenvalue weighted by molar-refractivity contribution is 0.0925. The van der Waals surface area contributed by atoms with Gasteiger partial charge in [0.05, 0.1) is 11.9 Å². The molecule has 4 rings (SSSR count). The van der Waals surface area contributed by atoms with Gasteiger partial charge in [0.15, 0.2) is 5.76 Å². The van der Waals surface area contributed by atoms with E-state index in [0.717, 1.165) is 37.8 Å². The van der Waals surface area contributed by atoms with E-state index in [1.54, 1.807) is 12.3 Å². The van der Waals surface area contributed by atoms with Gasteiger partial charge in [0.2, 0.25) is 0 Å². The predicted molar refractivity (Wildman–Crippen MR) is 104 cm³/mol. The van der Waals surface area contributed by atoms with Crippen LogP contribution in [0.1, 0.15) is 21.7 Å². The standard InChI is InChI=1S/C20H16BrN3O2/c1-12-7-16(21)8-14-9-17(26-19(12)14)20(25)22-10-15-11-23-24-18(15)13-5-3-2-4-6-13/h2-9,11H,10H2,1H3,(H,22,25)(H,23,24). The van der Waals surface area contributed by atoms with Gasteiger partial charge in [-0.2, -0.15) is 5.10 Å². The van der Waals surface area contributed by atoms with Crippen molar-refractivity contribution in [3.8, 4) is 11.3 Å². The first-order valence-corrected chi connectivity index (χ1v) is 8.96. The molecule has 4 aromatic rings. The summed E-state index contributed by atoms with van der Waals surface area (Å²) in [7, 11) is 0. The molecule has 0 saturated carbocycles. The number of amides is 1. The Morgan fingerprint density at radius 3 is 2.85 bits per heavy atom. The molecule has 26 heavy (non-hydrogen) atoms. The molecular formula is C20H16BrN3O2. The van der Waals surface area contributed by atoms with Crippen molar-refractivity contribution in [1.82, 2.24) is 15.5 Å². The Bertz CT molecular complexity index is 1080. The van der Waals surface area contributed by atoms with E-state index in [0.29, 0.717) is 12.3 Å². The Morgan fingerprint density at radius 2 is 2.04 bits per heavy atom. The summed E-state index contributed by atoms with van der Waals surface area (Å²) in [6.07, 6.45) is 1.72. The van der Waals surface area contributed by atoms with Gasteiger partial charge in [-0.3, -0.25) is 9.89 Å². The number of hydrogen-bond acceptors (Lipinski definition) is 3. The van der Waals surface area contributed by atoms with Crippen molar-refractivity contribution in [1.29, 1.82) is 0 Å². The van der Waals surface area contributed by atoms with Crippen LogP contribution in [0.4, 0.5) is 0 Å². The zero-order chi connectivity index (χ0) is 18.1. The van der Waals surface area contributed by atoms with E-state index in [1.807, 2.05) is 49.4 Å². The van der Waals surface area contributed by atoms with Crippen LogP contribution in [0.15, 0.2) is 63.6 Å². The molecule has 0 fully saturated rings. The largest absolute Gasteiger partial charge is 0.451 e. The number of fused-ring (bicyclic) bond motifs is 1. The Hall–Kier alpha value is -2.86. The number of hydrogen-bond donors (Lipinski definition) is 2. The highest BCUT2D eigenvalue weighted by Gasteiger charge is 2.15. The average molecular weight is 410 g/mol. The minimum atomic E-state index is -0.253. The fraction of sp³-hybridized carbons (Fsp3) is 0.100. The zero-order valence-corrected chi connectivity index (χ0v) is 15.6. The first-order valence-electron chi connectivity index (χ1n) is 8.17. The summed E-state index contributed by atoms with van der Waals surface area (Å²) >= 11 is 3.46. The normalized spacial score (nSPS) is 11.0. The van der Waals surface area contributed by atoms with Gasteiger partial charge in [-0.05, 0) is 36.2 Å². The number of rotatable bonds is 4. The molecule has 0 saturated heterocycles. The molecule has 130 valence electrons. The number of aromatic amines is 1. The van der Waals surface area contributed by atoms with Crippen molar-refractivity contribution in [2.24, 2.45) is 0 Å². The second-order valence-electron chi connectivity index (χ2n) is 6.07. The fourth-order valence-electron chi connectivity index (χ4n) is 2.96. The van der Waals surface area contributed by atoms with Crippen molar-refractivity contribution >= 4 is 32.8 Å². The number of carbonyl (C=O) groups excluding carboxylic acids is 1. The molecule has 0 radical (unpaired) electrons. The number of nitrogens with zero attached hydrogens (tertiary/aromatic N) is 1.